The molecule has 0 atom stereocenters. The molecule has 9 heteroatoms. The van der Waals surface area contributed by atoms with Gasteiger partial charge in [-0.25, -0.2) is 16.8 Å². The monoisotopic (exact) mass is 375 g/mol. The van der Waals surface area contributed by atoms with Crippen molar-refractivity contribution in [2.45, 2.75) is 29.4 Å². The molecule has 0 heterocycles. The molecule has 2 aromatic carbocycles. The molecule has 5 nitrogen and oxygen atoms in total. The average Bonchev–Trinajstić information content (AvgIpc) is 2.46. The van der Waals surface area contributed by atoms with Gasteiger partial charge in [-0.15, -0.1) is 0 Å². The first-order valence-corrected chi connectivity index (χ1v) is 9.79. The van der Waals surface area contributed by atoms with Crippen LogP contribution in [0.5, 0.6) is 0 Å². The quantitative estimate of drug-likeness (QED) is 0.871. The summed E-state index contributed by atoms with van der Waals surface area (Å²) in [5, 5.41) is 0. The summed E-state index contributed by atoms with van der Waals surface area (Å²) >= 11 is 0. The molecule has 0 aliphatic carbocycles. The van der Waals surface area contributed by atoms with Gasteiger partial charge in [0.15, 0.2) is 0 Å². The number of alkyl halides is 2. The Morgan fingerprint density at radius 2 is 1.50 bits per heavy atom. The highest BCUT2D eigenvalue weighted by Gasteiger charge is 2.26. The Balaban J connectivity index is 2.31. The zero-order valence-corrected chi connectivity index (χ0v) is 14.5. The highest BCUT2D eigenvalue weighted by Crippen LogP contribution is 2.23. The first-order valence-electron chi connectivity index (χ1n) is 6.76. The largest absolute Gasteiger partial charge is 0.341 e. The number of rotatable bonds is 5. The fourth-order valence-corrected chi connectivity index (χ4v) is 4.13. The second-order valence-corrected chi connectivity index (χ2v) is 8.77. The van der Waals surface area contributed by atoms with Gasteiger partial charge >= 0.3 is 5.76 Å². The normalized spacial score (nSPS) is 12.4. The topological polar surface area (TPSA) is 80.3 Å². The van der Waals surface area contributed by atoms with Gasteiger partial charge in [0.1, 0.15) is 0 Å². The maximum absolute atomic E-state index is 12.5. The van der Waals surface area contributed by atoms with Gasteiger partial charge in [0.05, 0.1) is 9.79 Å². The van der Waals surface area contributed by atoms with Crippen molar-refractivity contribution in [1.29, 1.82) is 0 Å². The van der Waals surface area contributed by atoms with E-state index in [4.69, 9.17) is 0 Å². The summed E-state index contributed by atoms with van der Waals surface area (Å²) in [5.41, 5.74) is 1.54. The third kappa shape index (κ3) is 3.73. The van der Waals surface area contributed by atoms with Crippen LogP contribution in [0, 0.1) is 13.8 Å². The molecular weight excluding hydrogens is 360 g/mol. The Morgan fingerprint density at radius 3 is 2.00 bits per heavy atom. The molecule has 24 heavy (non-hydrogen) atoms. The van der Waals surface area contributed by atoms with E-state index in [1.807, 2.05) is 6.92 Å². The molecule has 0 spiro atoms. The number of nitrogens with one attached hydrogen (secondary N) is 1. The predicted octanol–water partition coefficient (Wildman–Crippen LogP) is 3.10. The van der Waals surface area contributed by atoms with Gasteiger partial charge in [0, 0.05) is 5.69 Å². The molecule has 0 unspecified atom stereocenters. The molecule has 0 bridgehead atoms. The van der Waals surface area contributed by atoms with E-state index in [0.717, 1.165) is 29.8 Å². The van der Waals surface area contributed by atoms with Gasteiger partial charge in [-0.3, -0.25) is 4.72 Å². The van der Waals surface area contributed by atoms with Crippen LogP contribution in [0.2, 0.25) is 0 Å². The number of benzene rings is 2. The van der Waals surface area contributed by atoms with Crippen molar-refractivity contribution >= 4 is 25.5 Å². The van der Waals surface area contributed by atoms with Gasteiger partial charge in [-0.2, -0.15) is 8.78 Å². The molecule has 0 saturated carbocycles. The molecule has 2 aromatic rings. The lowest BCUT2D eigenvalue weighted by molar-refractivity contribution is 0.234. The summed E-state index contributed by atoms with van der Waals surface area (Å²) < 4.78 is 74.7. The maximum atomic E-state index is 12.5. The standard InChI is InChI=1S/C15H15F2NO4S2/c1-10-3-8-14(11(2)9-10)24(21,22)18-12-4-6-13(7-5-12)23(19,20)15(16)17/h3-9,15,18H,1-2H3. The molecule has 130 valence electrons. The van der Waals surface area contributed by atoms with Crippen LogP contribution in [-0.2, 0) is 19.9 Å². The van der Waals surface area contributed by atoms with E-state index in [2.05, 4.69) is 4.72 Å². The first-order chi connectivity index (χ1) is 11.0. The fourth-order valence-electron chi connectivity index (χ4n) is 2.13. The van der Waals surface area contributed by atoms with Gasteiger partial charge in [-0.05, 0) is 49.7 Å². The minimum absolute atomic E-state index is 0.0724. The number of sulfonamides is 1. The van der Waals surface area contributed by atoms with Crippen molar-refractivity contribution in [1.82, 2.24) is 0 Å². The SMILES string of the molecule is Cc1ccc(S(=O)(=O)Nc2ccc(S(=O)(=O)C(F)F)cc2)c(C)c1. The van der Waals surface area contributed by atoms with Crippen molar-refractivity contribution in [2.75, 3.05) is 4.72 Å². The van der Waals surface area contributed by atoms with E-state index in [0.29, 0.717) is 5.56 Å². The third-order valence-electron chi connectivity index (χ3n) is 3.29. The van der Waals surface area contributed by atoms with E-state index < -0.39 is 30.5 Å². The Morgan fingerprint density at radius 1 is 0.917 bits per heavy atom. The summed E-state index contributed by atoms with van der Waals surface area (Å²) in [6.07, 6.45) is 0. The molecule has 0 aliphatic heterocycles. The van der Waals surface area contributed by atoms with Crippen LogP contribution in [0.4, 0.5) is 14.5 Å². The molecule has 2 rings (SSSR count). The van der Waals surface area contributed by atoms with Crippen LogP contribution in [0.15, 0.2) is 52.3 Å². The van der Waals surface area contributed by atoms with Crippen molar-refractivity contribution in [2.24, 2.45) is 0 Å². The molecule has 0 fully saturated rings. The van der Waals surface area contributed by atoms with Crippen molar-refractivity contribution in [3.63, 3.8) is 0 Å². The van der Waals surface area contributed by atoms with Crippen LogP contribution in [0.25, 0.3) is 0 Å². The van der Waals surface area contributed by atoms with Crippen molar-refractivity contribution < 1.29 is 25.6 Å². The second kappa shape index (κ2) is 6.48. The van der Waals surface area contributed by atoms with E-state index in [9.17, 15) is 25.6 Å². The van der Waals surface area contributed by atoms with Gasteiger partial charge < -0.3 is 0 Å². The molecule has 0 amide bonds. The number of anilines is 1. The smallest absolute Gasteiger partial charge is 0.280 e. The van der Waals surface area contributed by atoms with Crippen LogP contribution in [0.1, 0.15) is 11.1 Å². The molecule has 1 N–H and O–H groups in total. The summed E-state index contributed by atoms with van der Waals surface area (Å²) in [6, 6.07) is 8.94. The second-order valence-electron chi connectivity index (χ2n) is 5.20. The summed E-state index contributed by atoms with van der Waals surface area (Å²) in [4.78, 5) is -0.496. The van der Waals surface area contributed by atoms with Crippen LogP contribution in [-0.4, -0.2) is 22.6 Å². The molecule has 0 aromatic heterocycles. The van der Waals surface area contributed by atoms with E-state index in [1.165, 1.54) is 6.07 Å². The predicted molar refractivity (Wildman–Crippen MR) is 86.4 cm³/mol. The minimum atomic E-state index is -4.71. The molecule has 0 saturated heterocycles. The van der Waals surface area contributed by atoms with E-state index in [1.54, 1.807) is 19.1 Å². The number of hydrogen-bond acceptors (Lipinski definition) is 4. The molecule has 0 radical (unpaired) electrons. The number of hydrogen-bond donors (Lipinski definition) is 1. The molecule has 0 aliphatic rings. The van der Waals surface area contributed by atoms with Gasteiger partial charge in [-0.1, -0.05) is 17.7 Å². The molecular formula is C15H15F2NO4S2. The fraction of sp³-hybridized carbons (Fsp3) is 0.200. The Hall–Kier alpha value is -2.00. The van der Waals surface area contributed by atoms with Crippen molar-refractivity contribution in [3.8, 4) is 0 Å². The Kier molecular flexibility index (Phi) is 4.95. The lowest BCUT2D eigenvalue weighted by Crippen LogP contribution is -2.15. The number of halogens is 2. The zero-order valence-electron chi connectivity index (χ0n) is 12.8. The van der Waals surface area contributed by atoms with E-state index >= 15 is 0 Å². The van der Waals surface area contributed by atoms with Gasteiger partial charge in [0.2, 0.25) is 9.84 Å². The highest BCUT2D eigenvalue weighted by molar-refractivity contribution is 7.92. The van der Waals surface area contributed by atoms with Gasteiger partial charge in [0.25, 0.3) is 10.0 Å². The Labute approximate surface area is 139 Å². The lowest BCUT2D eigenvalue weighted by atomic mass is 10.2. The summed E-state index contributed by atoms with van der Waals surface area (Å²) in [7, 11) is -8.58. The van der Waals surface area contributed by atoms with E-state index in [-0.39, 0.29) is 10.6 Å². The number of sulfone groups is 1. The third-order valence-corrected chi connectivity index (χ3v) is 6.23. The van der Waals surface area contributed by atoms with Crippen molar-refractivity contribution in [3.05, 3.63) is 53.6 Å². The highest BCUT2D eigenvalue weighted by atomic mass is 32.2. The summed E-state index contributed by atoms with van der Waals surface area (Å²) in [6.45, 7) is 3.48. The average molecular weight is 375 g/mol. The van der Waals surface area contributed by atoms with Crippen LogP contribution in [0.3, 0.4) is 0 Å². The van der Waals surface area contributed by atoms with Crippen LogP contribution < -0.4 is 4.72 Å². The minimum Gasteiger partial charge on any atom is -0.280 e. The maximum Gasteiger partial charge on any atom is 0.341 e. The zero-order chi connectivity index (χ0) is 18.1. The first kappa shape index (κ1) is 18.3. The number of aryl methyl sites for hydroxylation is 2. The lowest BCUT2D eigenvalue weighted by Gasteiger charge is -2.11. The summed E-state index contributed by atoms with van der Waals surface area (Å²) in [5.74, 6) is -3.53. The Bertz CT molecular complexity index is 953. The van der Waals surface area contributed by atoms with Crippen LogP contribution >= 0.6 is 0 Å².